The van der Waals surface area contributed by atoms with Crippen LogP contribution in [0.15, 0.2) is 23.5 Å². The van der Waals surface area contributed by atoms with Crippen LogP contribution < -0.4 is 0 Å². The van der Waals surface area contributed by atoms with Crippen LogP contribution in [-0.2, 0) is 0 Å². The molecule has 1 aliphatic rings. The monoisotopic (exact) mass is 248 g/mol. The number of alkyl halides is 1. The molecule has 6 heteroatoms. The van der Waals surface area contributed by atoms with Crippen molar-refractivity contribution in [3.05, 3.63) is 33.7 Å². The maximum absolute atomic E-state index is 10.5. The van der Waals surface area contributed by atoms with Crippen LogP contribution >= 0.6 is 15.9 Å². The lowest BCUT2D eigenvalue weighted by Gasteiger charge is -2.30. The number of rotatable bonds is 1. The second-order valence-corrected chi connectivity index (χ2v) is 4.57. The van der Waals surface area contributed by atoms with Gasteiger partial charge in [-0.1, -0.05) is 15.9 Å². The summed E-state index contributed by atoms with van der Waals surface area (Å²) in [5.74, 6) is 0. The van der Waals surface area contributed by atoms with E-state index in [2.05, 4.69) is 15.9 Å². The highest BCUT2D eigenvalue weighted by molar-refractivity contribution is 9.10. The van der Waals surface area contributed by atoms with Gasteiger partial charge in [0, 0.05) is 17.8 Å². The molecular weight excluding hydrogens is 240 g/mol. The quantitative estimate of drug-likeness (QED) is 0.333. The normalized spacial score (nSPS) is 28.2. The van der Waals surface area contributed by atoms with Crippen molar-refractivity contribution in [1.82, 2.24) is 5.06 Å². The third-order valence-electron chi connectivity index (χ3n) is 1.76. The van der Waals surface area contributed by atoms with Crippen LogP contribution in [0.25, 0.3) is 0 Å². The summed E-state index contributed by atoms with van der Waals surface area (Å²) < 4.78 is -0.908. The van der Waals surface area contributed by atoms with Crippen molar-refractivity contribution in [3.8, 4) is 0 Å². The number of hydrogen-bond acceptors (Lipinski definition) is 4. The highest BCUT2D eigenvalue weighted by Crippen LogP contribution is 2.31. The first kappa shape index (κ1) is 10.2. The molecule has 0 aliphatic carbocycles. The van der Waals surface area contributed by atoms with E-state index < -0.39 is 9.37 Å². The lowest BCUT2D eigenvalue weighted by atomic mass is 10.1. The maximum Gasteiger partial charge on any atom is 0.273 e. The Hall–Kier alpha value is -0.880. The second-order valence-electron chi connectivity index (χ2n) is 2.97. The van der Waals surface area contributed by atoms with Crippen molar-refractivity contribution in [2.24, 2.45) is 0 Å². The van der Waals surface area contributed by atoms with Crippen LogP contribution in [0.5, 0.6) is 0 Å². The molecule has 0 aromatic rings. The fourth-order valence-corrected chi connectivity index (χ4v) is 1.32. The van der Waals surface area contributed by atoms with Gasteiger partial charge < -0.3 is 0 Å². The lowest BCUT2D eigenvalue weighted by Crippen LogP contribution is -2.36. The summed E-state index contributed by atoms with van der Waals surface area (Å²) in [6.45, 7) is 3.18. The van der Waals surface area contributed by atoms with E-state index in [-0.39, 0.29) is 5.70 Å². The molecule has 1 heterocycles. The number of hydroxylamine groups is 2. The Morgan fingerprint density at radius 2 is 2.31 bits per heavy atom. The van der Waals surface area contributed by atoms with Gasteiger partial charge in [-0.15, -0.1) is 0 Å². The summed E-state index contributed by atoms with van der Waals surface area (Å²) >= 11 is 3.14. The van der Waals surface area contributed by atoms with Crippen LogP contribution in [0.3, 0.4) is 0 Å². The summed E-state index contributed by atoms with van der Waals surface area (Å²) in [6.07, 6.45) is 2.66. The summed E-state index contributed by atoms with van der Waals surface area (Å²) in [5.41, 5.74) is 0.425. The fraction of sp³-hybridized carbons (Fsp3) is 0.429. The molecule has 1 atom stereocenters. The predicted octanol–water partition coefficient (Wildman–Crippen LogP) is 1.87. The number of nitro groups is 1. The van der Waals surface area contributed by atoms with Gasteiger partial charge in [-0.05, 0) is 13.8 Å². The lowest BCUT2D eigenvalue weighted by molar-refractivity contribution is -0.422. The van der Waals surface area contributed by atoms with E-state index in [9.17, 15) is 15.3 Å². The largest absolute Gasteiger partial charge is 0.287 e. The Morgan fingerprint density at radius 3 is 2.77 bits per heavy atom. The average Bonchev–Trinajstić information content (AvgIpc) is 1.97. The van der Waals surface area contributed by atoms with Gasteiger partial charge in [-0.3, -0.25) is 15.3 Å². The van der Waals surface area contributed by atoms with E-state index >= 15 is 0 Å². The van der Waals surface area contributed by atoms with E-state index in [4.69, 9.17) is 0 Å². The molecule has 0 aromatic heterocycles. The average molecular weight is 249 g/mol. The standard InChI is InChI=1S/C7H9BrN2O3/c1-5-4-9(11)7(2,8)3-6(5)10(12)13/h3-4,11H,1-2H3. The predicted molar refractivity (Wildman–Crippen MR) is 49.8 cm³/mol. The fourth-order valence-electron chi connectivity index (χ4n) is 1.00. The van der Waals surface area contributed by atoms with Gasteiger partial charge in [0.15, 0.2) is 0 Å². The van der Waals surface area contributed by atoms with Crippen LogP contribution in [0.1, 0.15) is 13.8 Å². The molecule has 0 saturated carbocycles. The van der Waals surface area contributed by atoms with E-state index in [1.54, 1.807) is 13.8 Å². The third-order valence-corrected chi connectivity index (χ3v) is 2.36. The van der Waals surface area contributed by atoms with Crippen molar-refractivity contribution in [1.29, 1.82) is 0 Å². The molecule has 13 heavy (non-hydrogen) atoms. The Bertz CT molecular complexity index is 309. The van der Waals surface area contributed by atoms with Gasteiger partial charge in [-0.25, -0.2) is 5.06 Å². The van der Waals surface area contributed by atoms with E-state index in [1.165, 1.54) is 12.3 Å². The Balaban J connectivity index is 3.11. The molecule has 1 rings (SSSR count). The summed E-state index contributed by atoms with van der Waals surface area (Å²) in [7, 11) is 0. The molecule has 1 unspecified atom stereocenters. The molecule has 0 radical (unpaired) electrons. The second kappa shape index (κ2) is 3.12. The molecule has 1 aliphatic heterocycles. The molecular formula is C7H9BrN2O3. The smallest absolute Gasteiger partial charge is 0.273 e. The maximum atomic E-state index is 10.5. The first-order chi connectivity index (χ1) is 5.84. The van der Waals surface area contributed by atoms with Gasteiger partial charge >= 0.3 is 0 Å². The van der Waals surface area contributed by atoms with Crippen molar-refractivity contribution >= 4 is 15.9 Å². The molecule has 72 valence electrons. The first-order valence-electron chi connectivity index (χ1n) is 3.58. The van der Waals surface area contributed by atoms with Crippen molar-refractivity contribution in [3.63, 3.8) is 0 Å². The van der Waals surface area contributed by atoms with Gasteiger partial charge in [0.2, 0.25) is 0 Å². The molecule has 5 nitrogen and oxygen atoms in total. The molecule has 0 saturated heterocycles. The van der Waals surface area contributed by atoms with Crippen LogP contribution in [-0.4, -0.2) is 19.6 Å². The molecule has 0 aromatic carbocycles. The number of halogens is 1. The minimum Gasteiger partial charge on any atom is -0.287 e. The summed E-state index contributed by atoms with van der Waals surface area (Å²) in [5, 5.41) is 20.8. The van der Waals surface area contributed by atoms with Crippen molar-refractivity contribution in [2.75, 3.05) is 0 Å². The SMILES string of the molecule is CC1=CN(O)C(C)(Br)C=C1[N+](=O)[O-]. The molecule has 0 amide bonds. The Morgan fingerprint density at radius 1 is 1.77 bits per heavy atom. The van der Waals surface area contributed by atoms with Gasteiger partial charge in [0.25, 0.3) is 5.70 Å². The molecule has 0 fully saturated rings. The topological polar surface area (TPSA) is 66.6 Å². The van der Waals surface area contributed by atoms with E-state index in [0.717, 1.165) is 5.06 Å². The van der Waals surface area contributed by atoms with Crippen LogP contribution in [0.2, 0.25) is 0 Å². The highest BCUT2D eigenvalue weighted by Gasteiger charge is 2.33. The minimum absolute atomic E-state index is 0.00433. The van der Waals surface area contributed by atoms with Crippen LogP contribution in [0.4, 0.5) is 0 Å². The van der Waals surface area contributed by atoms with Crippen molar-refractivity contribution in [2.45, 2.75) is 18.3 Å². The summed E-state index contributed by atoms with van der Waals surface area (Å²) in [6, 6.07) is 0. The molecule has 0 spiro atoms. The molecule has 0 bridgehead atoms. The van der Waals surface area contributed by atoms with E-state index in [0.29, 0.717) is 5.57 Å². The third kappa shape index (κ3) is 1.89. The zero-order chi connectivity index (χ0) is 10.2. The zero-order valence-corrected chi connectivity index (χ0v) is 8.78. The zero-order valence-electron chi connectivity index (χ0n) is 7.19. The van der Waals surface area contributed by atoms with Gasteiger partial charge in [0.1, 0.15) is 4.45 Å². The highest BCUT2D eigenvalue weighted by atomic mass is 79.9. The number of allylic oxidation sites excluding steroid dienone is 1. The Labute approximate surface area is 83.6 Å². The number of nitrogens with zero attached hydrogens (tertiary/aromatic N) is 2. The number of hydrogen-bond donors (Lipinski definition) is 1. The van der Waals surface area contributed by atoms with Gasteiger partial charge in [-0.2, -0.15) is 0 Å². The Kier molecular flexibility index (Phi) is 2.44. The summed E-state index contributed by atoms with van der Waals surface area (Å²) in [4.78, 5) is 10.1. The van der Waals surface area contributed by atoms with Crippen LogP contribution in [0, 0.1) is 10.1 Å². The first-order valence-corrected chi connectivity index (χ1v) is 4.37. The molecule has 1 N–H and O–H groups in total. The van der Waals surface area contributed by atoms with Gasteiger partial charge in [0.05, 0.1) is 4.92 Å². The minimum atomic E-state index is -0.908. The van der Waals surface area contributed by atoms with Crippen molar-refractivity contribution < 1.29 is 10.1 Å². The van der Waals surface area contributed by atoms with E-state index in [1.807, 2.05) is 0 Å².